The van der Waals surface area contributed by atoms with Crippen LogP contribution in [0.25, 0.3) is 0 Å². The molecule has 0 radical (unpaired) electrons. The summed E-state index contributed by atoms with van der Waals surface area (Å²) in [5.74, 6) is 0.934. The van der Waals surface area contributed by atoms with Gasteiger partial charge in [0.15, 0.2) is 0 Å². The van der Waals surface area contributed by atoms with Crippen molar-refractivity contribution in [2.75, 3.05) is 52.5 Å². The first-order valence-corrected chi connectivity index (χ1v) is 9.56. The molecule has 0 aromatic carbocycles. The summed E-state index contributed by atoms with van der Waals surface area (Å²) in [5, 5.41) is 6.70. The first-order valence-electron chi connectivity index (χ1n) is 9.56. The molecule has 3 aliphatic rings. The van der Waals surface area contributed by atoms with Crippen LogP contribution >= 0.6 is 0 Å². The Labute approximate surface area is 140 Å². The number of rotatable bonds is 6. The van der Waals surface area contributed by atoms with Crippen molar-refractivity contribution in [2.45, 2.75) is 44.9 Å². The van der Waals surface area contributed by atoms with Crippen LogP contribution in [-0.4, -0.2) is 63.3 Å². The molecule has 23 heavy (non-hydrogen) atoms. The van der Waals surface area contributed by atoms with Crippen molar-refractivity contribution in [2.24, 2.45) is 11.3 Å². The summed E-state index contributed by atoms with van der Waals surface area (Å²) in [7, 11) is 0. The number of nitrogens with one attached hydrogen (secondary N) is 2. The normalized spacial score (nSPS) is 28.1. The smallest absolute Gasteiger partial charge is 0.220 e. The third kappa shape index (κ3) is 4.68. The quantitative estimate of drug-likeness (QED) is 0.775. The van der Waals surface area contributed by atoms with E-state index >= 15 is 0 Å². The lowest BCUT2D eigenvalue weighted by Gasteiger charge is -2.38. The van der Waals surface area contributed by atoms with E-state index in [1.807, 2.05) is 0 Å². The van der Waals surface area contributed by atoms with E-state index in [0.717, 1.165) is 52.4 Å². The van der Waals surface area contributed by atoms with Crippen LogP contribution in [0, 0.1) is 11.3 Å². The topological polar surface area (TPSA) is 53.6 Å². The van der Waals surface area contributed by atoms with Gasteiger partial charge in [-0.3, -0.25) is 9.69 Å². The highest BCUT2D eigenvalue weighted by atomic mass is 16.5. The van der Waals surface area contributed by atoms with Gasteiger partial charge in [-0.2, -0.15) is 0 Å². The van der Waals surface area contributed by atoms with Crippen LogP contribution in [0.3, 0.4) is 0 Å². The van der Waals surface area contributed by atoms with Crippen LogP contribution in [0.1, 0.15) is 44.9 Å². The van der Waals surface area contributed by atoms with Crippen molar-refractivity contribution in [3.05, 3.63) is 0 Å². The Morgan fingerprint density at radius 2 is 2.00 bits per heavy atom. The fourth-order valence-electron chi connectivity index (χ4n) is 4.68. The van der Waals surface area contributed by atoms with E-state index in [1.165, 1.54) is 38.6 Å². The predicted octanol–water partition coefficient (Wildman–Crippen LogP) is 1.38. The second-order valence-corrected chi connectivity index (χ2v) is 7.59. The maximum Gasteiger partial charge on any atom is 0.220 e. The molecule has 0 aromatic heterocycles. The van der Waals surface area contributed by atoms with Gasteiger partial charge in [0.1, 0.15) is 0 Å². The minimum atomic E-state index is 0.233. The molecule has 5 nitrogen and oxygen atoms in total. The minimum Gasteiger partial charge on any atom is -0.379 e. The molecule has 3 rings (SSSR count). The van der Waals surface area contributed by atoms with E-state index in [2.05, 4.69) is 15.5 Å². The summed E-state index contributed by atoms with van der Waals surface area (Å²) >= 11 is 0. The molecule has 2 N–H and O–H groups in total. The van der Waals surface area contributed by atoms with E-state index in [9.17, 15) is 4.79 Å². The molecular weight excluding hydrogens is 290 g/mol. The second kappa shape index (κ2) is 8.45. The van der Waals surface area contributed by atoms with Gasteiger partial charge in [0.2, 0.25) is 5.91 Å². The zero-order chi connectivity index (χ0) is 16.0. The van der Waals surface area contributed by atoms with Crippen molar-refractivity contribution in [3.63, 3.8) is 0 Å². The van der Waals surface area contributed by atoms with E-state index < -0.39 is 0 Å². The average molecular weight is 323 g/mol. The fraction of sp³-hybridized carbons (Fsp3) is 0.944. The monoisotopic (exact) mass is 323 g/mol. The molecule has 2 heterocycles. The number of nitrogens with zero attached hydrogens (tertiary/aromatic N) is 1. The zero-order valence-electron chi connectivity index (χ0n) is 14.4. The van der Waals surface area contributed by atoms with Gasteiger partial charge < -0.3 is 15.4 Å². The lowest BCUT2D eigenvalue weighted by molar-refractivity contribution is -0.121. The Morgan fingerprint density at radius 1 is 1.22 bits per heavy atom. The van der Waals surface area contributed by atoms with Crippen LogP contribution in [0.15, 0.2) is 0 Å². The lowest BCUT2D eigenvalue weighted by atomic mass is 9.66. The average Bonchev–Trinajstić information content (AvgIpc) is 2.96. The molecule has 1 unspecified atom stereocenters. The van der Waals surface area contributed by atoms with Gasteiger partial charge in [-0.1, -0.05) is 19.3 Å². The SMILES string of the molecule is O=C(CCC1CNCC12CCCCC2)NCCN1CCOCC1. The maximum absolute atomic E-state index is 12.1. The molecule has 0 aromatic rings. The van der Waals surface area contributed by atoms with Gasteiger partial charge in [0.25, 0.3) is 0 Å². The fourth-order valence-corrected chi connectivity index (χ4v) is 4.68. The molecule has 3 fully saturated rings. The van der Waals surface area contributed by atoms with E-state index in [4.69, 9.17) is 4.74 Å². The van der Waals surface area contributed by atoms with Gasteiger partial charge >= 0.3 is 0 Å². The van der Waals surface area contributed by atoms with Crippen molar-refractivity contribution in [3.8, 4) is 0 Å². The van der Waals surface area contributed by atoms with Gasteiger partial charge in [-0.15, -0.1) is 0 Å². The Kier molecular flexibility index (Phi) is 6.31. The highest BCUT2D eigenvalue weighted by Gasteiger charge is 2.42. The zero-order valence-corrected chi connectivity index (χ0v) is 14.4. The van der Waals surface area contributed by atoms with Crippen molar-refractivity contribution in [1.29, 1.82) is 0 Å². The molecule has 0 bridgehead atoms. The second-order valence-electron chi connectivity index (χ2n) is 7.59. The Balaban J connectivity index is 1.33. The summed E-state index contributed by atoms with van der Waals surface area (Å²) in [5.41, 5.74) is 0.506. The number of amides is 1. The van der Waals surface area contributed by atoms with Gasteiger partial charge in [-0.05, 0) is 37.1 Å². The highest BCUT2D eigenvalue weighted by molar-refractivity contribution is 5.75. The molecule has 5 heteroatoms. The van der Waals surface area contributed by atoms with Crippen LogP contribution in [0.5, 0.6) is 0 Å². The van der Waals surface area contributed by atoms with E-state index in [1.54, 1.807) is 0 Å². The highest BCUT2D eigenvalue weighted by Crippen LogP contribution is 2.46. The number of ether oxygens (including phenoxy) is 1. The summed E-state index contributed by atoms with van der Waals surface area (Å²) < 4.78 is 5.34. The molecular formula is C18H33N3O2. The summed E-state index contributed by atoms with van der Waals surface area (Å²) in [6, 6.07) is 0. The third-order valence-corrected chi connectivity index (χ3v) is 6.16. The van der Waals surface area contributed by atoms with E-state index in [0.29, 0.717) is 17.8 Å². The van der Waals surface area contributed by atoms with Crippen LogP contribution in [0.4, 0.5) is 0 Å². The number of morpholine rings is 1. The molecule has 1 amide bonds. The molecule has 132 valence electrons. The van der Waals surface area contributed by atoms with Crippen LogP contribution < -0.4 is 10.6 Å². The summed E-state index contributed by atoms with van der Waals surface area (Å²) in [6.07, 6.45) is 8.63. The Hall–Kier alpha value is -0.650. The van der Waals surface area contributed by atoms with Crippen LogP contribution in [-0.2, 0) is 9.53 Å². The van der Waals surface area contributed by atoms with Gasteiger partial charge in [0, 0.05) is 39.1 Å². The third-order valence-electron chi connectivity index (χ3n) is 6.16. The molecule has 1 aliphatic carbocycles. The van der Waals surface area contributed by atoms with Gasteiger partial charge in [-0.25, -0.2) is 0 Å². The first-order chi connectivity index (χ1) is 11.3. The maximum atomic E-state index is 12.1. The summed E-state index contributed by atoms with van der Waals surface area (Å²) in [4.78, 5) is 14.5. The Bertz CT molecular complexity index is 376. The molecule has 1 saturated carbocycles. The van der Waals surface area contributed by atoms with Crippen molar-refractivity contribution >= 4 is 5.91 Å². The van der Waals surface area contributed by atoms with E-state index in [-0.39, 0.29) is 5.91 Å². The standard InChI is InChI=1S/C18H33N3O2/c22-17(20-8-9-21-10-12-23-13-11-21)5-4-16-14-19-15-18(16)6-2-1-3-7-18/h16,19H,1-15H2,(H,20,22). The molecule has 1 atom stereocenters. The van der Waals surface area contributed by atoms with Crippen molar-refractivity contribution < 1.29 is 9.53 Å². The minimum absolute atomic E-state index is 0.233. The number of hydrogen-bond donors (Lipinski definition) is 2. The van der Waals surface area contributed by atoms with Gasteiger partial charge in [0.05, 0.1) is 13.2 Å². The predicted molar refractivity (Wildman–Crippen MR) is 91.4 cm³/mol. The number of carbonyl (C=O) groups excluding carboxylic acids is 1. The number of carbonyl (C=O) groups is 1. The first kappa shape index (κ1) is 17.2. The molecule has 1 spiro atoms. The molecule has 2 aliphatic heterocycles. The number of hydrogen-bond acceptors (Lipinski definition) is 4. The Morgan fingerprint density at radius 3 is 2.78 bits per heavy atom. The van der Waals surface area contributed by atoms with Crippen molar-refractivity contribution in [1.82, 2.24) is 15.5 Å². The lowest BCUT2D eigenvalue weighted by Crippen LogP contribution is -2.41. The molecule has 2 saturated heterocycles. The summed E-state index contributed by atoms with van der Waals surface area (Å²) in [6.45, 7) is 7.64. The van der Waals surface area contributed by atoms with Crippen LogP contribution in [0.2, 0.25) is 0 Å². The largest absolute Gasteiger partial charge is 0.379 e.